The number of nitrogens with zero attached hydrogens (tertiary/aromatic N) is 1. The predicted octanol–water partition coefficient (Wildman–Crippen LogP) is 5.68. The summed E-state index contributed by atoms with van der Waals surface area (Å²) in [6, 6.07) is 15.6. The molecule has 30 heavy (non-hydrogen) atoms. The number of anilines is 2. The van der Waals surface area contributed by atoms with Gasteiger partial charge in [0.2, 0.25) is 0 Å². The van der Waals surface area contributed by atoms with E-state index in [9.17, 15) is 18.0 Å². The number of alkyl halides is 3. The Labute approximate surface area is 176 Å². The van der Waals surface area contributed by atoms with Gasteiger partial charge in [0.1, 0.15) is 0 Å². The van der Waals surface area contributed by atoms with Gasteiger partial charge in [-0.25, -0.2) is 4.79 Å². The first-order valence-corrected chi connectivity index (χ1v) is 9.96. The van der Waals surface area contributed by atoms with Crippen LogP contribution in [0.5, 0.6) is 0 Å². The maximum Gasteiger partial charge on any atom is 0.416 e. The number of nitrogens with one attached hydrogen (secondary N) is 3. The van der Waals surface area contributed by atoms with E-state index in [1.54, 1.807) is 48.8 Å². The van der Waals surface area contributed by atoms with Crippen LogP contribution in [0, 0.1) is 0 Å². The van der Waals surface area contributed by atoms with Crippen molar-refractivity contribution in [3.05, 3.63) is 89.7 Å². The second-order valence-corrected chi connectivity index (χ2v) is 7.12. The van der Waals surface area contributed by atoms with Crippen LogP contribution < -0.4 is 15.4 Å². The lowest BCUT2D eigenvalue weighted by atomic mass is 10.1. The van der Waals surface area contributed by atoms with Crippen molar-refractivity contribution in [2.45, 2.75) is 18.5 Å². The Morgan fingerprint density at radius 3 is 2.40 bits per heavy atom. The van der Waals surface area contributed by atoms with E-state index < -0.39 is 11.7 Å². The van der Waals surface area contributed by atoms with Crippen LogP contribution >= 0.6 is 11.9 Å². The molecule has 3 rings (SSSR count). The molecule has 1 aromatic heterocycles. The lowest BCUT2D eigenvalue weighted by Gasteiger charge is -2.10. The fourth-order valence-electron chi connectivity index (χ4n) is 2.52. The quantitative estimate of drug-likeness (QED) is 0.420. The third-order valence-electron chi connectivity index (χ3n) is 4.00. The number of aromatic nitrogens is 1. The zero-order valence-corrected chi connectivity index (χ0v) is 16.6. The van der Waals surface area contributed by atoms with Crippen LogP contribution in [0.1, 0.15) is 16.7 Å². The molecule has 0 spiro atoms. The van der Waals surface area contributed by atoms with Gasteiger partial charge in [-0.05, 0) is 59.5 Å². The van der Waals surface area contributed by atoms with E-state index in [0.717, 1.165) is 23.4 Å². The molecule has 0 atom stereocenters. The number of urea groups is 1. The SMILES string of the molecule is O=C(NCc1cccnc1)Nc1ccc(NSCc2cccc(C(F)(F)F)c2)cc1. The number of carbonyl (C=O) groups is 1. The van der Waals surface area contributed by atoms with Crippen molar-refractivity contribution in [1.29, 1.82) is 0 Å². The van der Waals surface area contributed by atoms with Crippen molar-refractivity contribution in [3.8, 4) is 0 Å². The molecule has 0 bridgehead atoms. The van der Waals surface area contributed by atoms with Crippen LogP contribution in [0.4, 0.5) is 29.3 Å². The fourth-order valence-corrected chi connectivity index (χ4v) is 3.24. The van der Waals surface area contributed by atoms with Gasteiger partial charge in [-0.2, -0.15) is 13.2 Å². The molecule has 5 nitrogen and oxygen atoms in total. The minimum absolute atomic E-state index is 0.335. The van der Waals surface area contributed by atoms with Crippen LogP contribution in [0.3, 0.4) is 0 Å². The van der Waals surface area contributed by atoms with Gasteiger partial charge >= 0.3 is 12.2 Å². The molecule has 0 fully saturated rings. The van der Waals surface area contributed by atoms with Crippen LogP contribution in [-0.2, 0) is 18.5 Å². The fraction of sp³-hybridized carbons (Fsp3) is 0.143. The summed E-state index contributed by atoms with van der Waals surface area (Å²) in [4.78, 5) is 15.9. The van der Waals surface area contributed by atoms with Crippen LogP contribution in [-0.4, -0.2) is 11.0 Å². The van der Waals surface area contributed by atoms with Gasteiger partial charge in [-0.3, -0.25) is 4.98 Å². The van der Waals surface area contributed by atoms with Gasteiger partial charge in [0.25, 0.3) is 0 Å². The molecule has 3 N–H and O–H groups in total. The maximum absolute atomic E-state index is 12.8. The van der Waals surface area contributed by atoms with Crippen LogP contribution in [0.2, 0.25) is 0 Å². The Balaban J connectivity index is 1.44. The van der Waals surface area contributed by atoms with E-state index >= 15 is 0 Å². The molecule has 0 radical (unpaired) electrons. The predicted molar refractivity (Wildman–Crippen MR) is 113 cm³/mol. The molecule has 1 heterocycles. The number of rotatable bonds is 7. The Morgan fingerprint density at radius 2 is 1.70 bits per heavy atom. The Morgan fingerprint density at radius 1 is 0.967 bits per heavy atom. The van der Waals surface area contributed by atoms with E-state index in [1.165, 1.54) is 18.0 Å². The highest BCUT2D eigenvalue weighted by Crippen LogP contribution is 2.30. The Kier molecular flexibility index (Phi) is 7.18. The van der Waals surface area contributed by atoms with Crippen LogP contribution in [0.15, 0.2) is 73.1 Å². The molecule has 0 saturated carbocycles. The highest BCUT2D eigenvalue weighted by atomic mass is 32.2. The number of benzene rings is 2. The van der Waals surface area contributed by atoms with Crippen molar-refractivity contribution in [1.82, 2.24) is 10.3 Å². The zero-order valence-electron chi connectivity index (χ0n) is 15.7. The molecular weight excluding hydrogens is 413 g/mol. The lowest BCUT2D eigenvalue weighted by molar-refractivity contribution is -0.137. The van der Waals surface area contributed by atoms with Gasteiger partial charge < -0.3 is 15.4 Å². The number of carbonyl (C=O) groups excluding carboxylic acids is 1. The van der Waals surface area contributed by atoms with Gasteiger partial charge in [-0.1, -0.05) is 24.3 Å². The molecular formula is C21H19F3N4OS. The summed E-state index contributed by atoms with van der Waals surface area (Å²) in [5.41, 5.74) is 2.20. The molecule has 2 aromatic carbocycles. The third-order valence-corrected chi connectivity index (χ3v) is 4.86. The van der Waals surface area contributed by atoms with Crippen molar-refractivity contribution >= 4 is 29.4 Å². The Hall–Kier alpha value is -3.20. The van der Waals surface area contributed by atoms with Gasteiger partial charge in [-0.15, -0.1) is 0 Å². The highest BCUT2D eigenvalue weighted by molar-refractivity contribution is 7.99. The van der Waals surface area contributed by atoms with E-state index in [2.05, 4.69) is 20.3 Å². The summed E-state index contributed by atoms with van der Waals surface area (Å²) < 4.78 is 41.4. The summed E-state index contributed by atoms with van der Waals surface area (Å²) >= 11 is 1.28. The summed E-state index contributed by atoms with van der Waals surface area (Å²) in [7, 11) is 0. The Bertz CT molecular complexity index is 966. The first-order valence-electron chi connectivity index (χ1n) is 8.98. The molecule has 0 aliphatic rings. The average Bonchev–Trinajstić information content (AvgIpc) is 2.74. The van der Waals surface area contributed by atoms with Crippen molar-refractivity contribution < 1.29 is 18.0 Å². The second kappa shape index (κ2) is 10.0. The summed E-state index contributed by atoms with van der Waals surface area (Å²) in [5, 5.41) is 5.47. The molecule has 156 valence electrons. The topological polar surface area (TPSA) is 66.0 Å². The largest absolute Gasteiger partial charge is 0.416 e. The highest BCUT2D eigenvalue weighted by Gasteiger charge is 2.30. The average molecular weight is 432 g/mol. The van der Waals surface area contributed by atoms with E-state index in [-0.39, 0.29) is 6.03 Å². The summed E-state index contributed by atoms with van der Waals surface area (Å²) in [6.07, 6.45) is -1.00. The standard InChI is InChI=1S/C21H19F3N4OS/c22-21(23,24)17-5-1-3-15(11-17)14-30-28-19-8-6-18(7-9-19)27-20(29)26-13-16-4-2-10-25-12-16/h1-12,28H,13-14H2,(H2,26,27,29). The third kappa shape index (κ3) is 6.70. The number of pyridine rings is 1. The summed E-state index contributed by atoms with van der Waals surface area (Å²) in [6.45, 7) is 0.367. The smallest absolute Gasteiger partial charge is 0.334 e. The number of amides is 2. The minimum Gasteiger partial charge on any atom is -0.334 e. The van der Waals surface area contributed by atoms with Crippen molar-refractivity contribution in [3.63, 3.8) is 0 Å². The second-order valence-electron chi connectivity index (χ2n) is 6.34. The van der Waals surface area contributed by atoms with E-state index in [0.29, 0.717) is 23.5 Å². The van der Waals surface area contributed by atoms with E-state index in [1.807, 2.05) is 6.07 Å². The number of halogens is 3. The monoisotopic (exact) mass is 432 g/mol. The number of hydrogen-bond donors (Lipinski definition) is 3. The van der Waals surface area contributed by atoms with Crippen molar-refractivity contribution in [2.75, 3.05) is 10.0 Å². The molecule has 0 unspecified atom stereocenters. The lowest BCUT2D eigenvalue weighted by Crippen LogP contribution is -2.28. The maximum atomic E-state index is 12.8. The minimum atomic E-state index is -4.35. The van der Waals surface area contributed by atoms with Gasteiger partial charge in [0.05, 0.1) is 5.56 Å². The molecule has 9 heteroatoms. The summed E-state index contributed by atoms with van der Waals surface area (Å²) in [5.74, 6) is 0.376. The number of hydrogen-bond acceptors (Lipinski definition) is 4. The van der Waals surface area contributed by atoms with Crippen LogP contribution in [0.25, 0.3) is 0 Å². The van der Waals surface area contributed by atoms with Crippen molar-refractivity contribution in [2.24, 2.45) is 0 Å². The molecule has 2 amide bonds. The molecule has 0 aliphatic carbocycles. The molecule has 0 saturated heterocycles. The van der Waals surface area contributed by atoms with Gasteiger partial charge in [0, 0.05) is 36.1 Å². The zero-order chi connectivity index (χ0) is 21.4. The normalized spacial score (nSPS) is 11.0. The first-order chi connectivity index (χ1) is 14.4. The first kappa shape index (κ1) is 21.5. The molecule has 0 aliphatic heterocycles. The molecule has 3 aromatic rings. The van der Waals surface area contributed by atoms with E-state index in [4.69, 9.17) is 0 Å². The van der Waals surface area contributed by atoms with Gasteiger partial charge in [0.15, 0.2) is 0 Å².